The van der Waals surface area contributed by atoms with E-state index in [-0.39, 0.29) is 6.04 Å². The van der Waals surface area contributed by atoms with Crippen molar-refractivity contribution < 1.29 is 18.3 Å². The molecule has 1 aliphatic heterocycles. The van der Waals surface area contributed by atoms with E-state index < -0.39 is 18.8 Å². The molecule has 0 aromatic carbocycles. The van der Waals surface area contributed by atoms with Crippen molar-refractivity contribution in [3.63, 3.8) is 0 Å². The Morgan fingerprint density at radius 3 is 2.77 bits per heavy atom. The number of hydrogen-bond donors (Lipinski definition) is 1. The first-order chi connectivity index (χ1) is 10.3. The Hall–Kier alpha value is -1.41. The SMILES string of the molecule is CN(CC(O)C(F)(F)F)C1CN(c2cc3c(nn2)CCC3)C1. The fourth-order valence-corrected chi connectivity index (χ4v) is 2.92. The third-order valence-corrected chi connectivity index (χ3v) is 4.46. The first-order valence-electron chi connectivity index (χ1n) is 7.40. The summed E-state index contributed by atoms with van der Waals surface area (Å²) in [6, 6.07) is 2.03. The van der Waals surface area contributed by atoms with Crippen LogP contribution in [0.15, 0.2) is 6.07 Å². The summed E-state index contributed by atoms with van der Waals surface area (Å²) in [5.74, 6) is 0.793. The van der Waals surface area contributed by atoms with Gasteiger partial charge in [-0.2, -0.15) is 18.3 Å². The van der Waals surface area contributed by atoms with E-state index in [2.05, 4.69) is 10.2 Å². The molecule has 122 valence electrons. The lowest BCUT2D eigenvalue weighted by atomic mass is 10.1. The minimum atomic E-state index is -4.57. The third kappa shape index (κ3) is 3.03. The van der Waals surface area contributed by atoms with Gasteiger partial charge in [0.1, 0.15) is 0 Å². The molecular weight excluding hydrogens is 297 g/mol. The lowest BCUT2D eigenvalue weighted by Crippen LogP contribution is -2.60. The molecule has 1 aromatic rings. The molecule has 2 heterocycles. The van der Waals surface area contributed by atoms with Crippen molar-refractivity contribution in [2.45, 2.75) is 37.6 Å². The minimum absolute atomic E-state index is 0.00736. The van der Waals surface area contributed by atoms with Crippen molar-refractivity contribution >= 4 is 5.82 Å². The molecule has 0 amide bonds. The summed E-state index contributed by atoms with van der Waals surface area (Å²) in [5.41, 5.74) is 2.29. The lowest BCUT2D eigenvalue weighted by molar-refractivity contribution is -0.208. The van der Waals surface area contributed by atoms with Gasteiger partial charge in [-0.3, -0.25) is 4.90 Å². The molecule has 0 bridgehead atoms. The van der Waals surface area contributed by atoms with Gasteiger partial charge in [0, 0.05) is 25.7 Å². The van der Waals surface area contributed by atoms with E-state index in [1.54, 1.807) is 11.9 Å². The van der Waals surface area contributed by atoms with Gasteiger partial charge in [-0.15, -0.1) is 5.10 Å². The molecule has 3 rings (SSSR count). The van der Waals surface area contributed by atoms with Crippen LogP contribution >= 0.6 is 0 Å². The molecule has 0 radical (unpaired) electrons. The maximum atomic E-state index is 12.4. The van der Waals surface area contributed by atoms with Crippen molar-refractivity contribution in [3.8, 4) is 0 Å². The highest BCUT2D eigenvalue weighted by Gasteiger charge is 2.41. The average Bonchev–Trinajstić information content (AvgIpc) is 2.83. The van der Waals surface area contributed by atoms with Gasteiger partial charge in [0.25, 0.3) is 0 Å². The van der Waals surface area contributed by atoms with E-state index >= 15 is 0 Å². The highest BCUT2D eigenvalue weighted by Crippen LogP contribution is 2.27. The molecule has 1 aliphatic carbocycles. The van der Waals surface area contributed by atoms with Gasteiger partial charge < -0.3 is 10.0 Å². The predicted molar refractivity (Wildman–Crippen MR) is 74.7 cm³/mol. The van der Waals surface area contributed by atoms with E-state index in [0.717, 1.165) is 30.8 Å². The number of fused-ring (bicyclic) bond motifs is 1. The molecule has 2 aliphatic rings. The van der Waals surface area contributed by atoms with Gasteiger partial charge >= 0.3 is 6.18 Å². The number of halogens is 3. The van der Waals surface area contributed by atoms with Crippen LogP contribution in [-0.2, 0) is 12.8 Å². The highest BCUT2D eigenvalue weighted by molar-refractivity contribution is 5.45. The Bertz CT molecular complexity index is 545. The first-order valence-corrected chi connectivity index (χ1v) is 7.40. The quantitative estimate of drug-likeness (QED) is 0.898. The normalized spacial score (nSPS) is 20.2. The van der Waals surface area contributed by atoms with Crippen LogP contribution in [-0.4, -0.2) is 65.2 Å². The second-order valence-electron chi connectivity index (χ2n) is 6.08. The fourth-order valence-electron chi connectivity index (χ4n) is 2.92. The van der Waals surface area contributed by atoms with Crippen LogP contribution in [0.2, 0.25) is 0 Å². The number of aliphatic hydroxyl groups excluding tert-OH is 1. The second kappa shape index (κ2) is 5.66. The Labute approximate surface area is 126 Å². The van der Waals surface area contributed by atoms with E-state index in [0.29, 0.717) is 13.1 Å². The molecular formula is C14H19F3N4O. The summed E-state index contributed by atoms with van der Waals surface area (Å²) in [6.07, 6.45) is -3.76. The van der Waals surface area contributed by atoms with Gasteiger partial charge in [0.05, 0.1) is 5.69 Å². The third-order valence-electron chi connectivity index (χ3n) is 4.46. The molecule has 1 atom stereocenters. The van der Waals surface area contributed by atoms with E-state index in [1.165, 1.54) is 5.56 Å². The number of nitrogens with zero attached hydrogens (tertiary/aromatic N) is 4. The van der Waals surface area contributed by atoms with Gasteiger partial charge in [0.15, 0.2) is 11.9 Å². The van der Waals surface area contributed by atoms with E-state index in [1.807, 2.05) is 11.0 Å². The molecule has 0 spiro atoms. The number of alkyl halides is 3. The zero-order valence-electron chi connectivity index (χ0n) is 12.3. The number of aromatic nitrogens is 2. The largest absolute Gasteiger partial charge is 0.415 e. The van der Waals surface area contributed by atoms with Crippen LogP contribution in [0.5, 0.6) is 0 Å². The minimum Gasteiger partial charge on any atom is -0.382 e. The second-order valence-corrected chi connectivity index (χ2v) is 6.08. The Balaban J connectivity index is 1.53. The number of anilines is 1. The predicted octanol–water partition coefficient (Wildman–Crippen LogP) is 1.01. The maximum Gasteiger partial charge on any atom is 0.415 e. The van der Waals surface area contributed by atoms with E-state index in [4.69, 9.17) is 5.11 Å². The van der Waals surface area contributed by atoms with Crippen LogP contribution in [0.4, 0.5) is 19.0 Å². The molecule has 1 unspecified atom stereocenters. The summed E-state index contributed by atoms with van der Waals surface area (Å²) < 4.78 is 37.1. The number of rotatable bonds is 4. The maximum absolute atomic E-state index is 12.4. The van der Waals surface area contributed by atoms with Crippen LogP contribution in [0.1, 0.15) is 17.7 Å². The lowest BCUT2D eigenvalue weighted by Gasteiger charge is -2.45. The van der Waals surface area contributed by atoms with Gasteiger partial charge in [0.2, 0.25) is 0 Å². The number of likely N-dealkylation sites (N-methyl/N-ethyl adjacent to an activating group) is 1. The highest BCUT2D eigenvalue weighted by atomic mass is 19.4. The van der Waals surface area contributed by atoms with Crippen LogP contribution < -0.4 is 4.90 Å². The van der Waals surface area contributed by atoms with Gasteiger partial charge in [-0.25, -0.2) is 0 Å². The molecule has 1 fully saturated rings. The smallest absolute Gasteiger partial charge is 0.382 e. The van der Waals surface area contributed by atoms with Crippen molar-refractivity contribution in [1.29, 1.82) is 0 Å². The van der Waals surface area contributed by atoms with E-state index in [9.17, 15) is 13.2 Å². The van der Waals surface area contributed by atoms with Crippen LogP contribution in [0.3, 0.4) is 0 Å². The fraction of sp³-hybridized carbons (Fsp3) is 0.714. The monoisotopic (exact) mass is 316 g/mol. The van der Waals surface area contributed by atoms with Crippen LogP contribution in [0.25, 0.3) is 0 Å². The van der Waals surface area contributed by atoms with Crippen LogP contribution in [0, 0.1) is 0 Å². The topological polar surface area (TPSA) is 52.5 Å². The summed E-state index contributed by atoms with van der Waals surface area (Å²) in [5, 5.41) is 17.5. The standard InChI is InChI=1S/C14H19F3N4O/c1-20(8-12(22)14(15,16)17)10-6-21(7-10)13-5-9-3-2-4-11(9)18-19-13/h5,10,12,22H,2-4,6-8H2,1H3. The van der Waals surface area contributed by atoms with Gasteiger partial charge in [-0.1, -0.05) is 0 Å². The Morgan fingerprint density at radius 2 is 2.09 bits per heavy atom. The zero-order chi connectivity index (χ0) is 15.9. The molecule has 22 heavy (non-hydrogen) atoms. The molecule has 8 heteroatoms. The Morgan fingerprint density at radius 1 is 1.36 bits per heavy atom. The average molecular weight is 316 g/mol. The van der Waals surface area contributed by atoms with Crippen molar-refractivity contribution in [1.82, 2.24) is 15.1 Å². The zero-order valence-corrected chi connectivity index (χ0v) is 12.3. The number of aryl methyl sites for hydroxylation is 2. The number of aliphatic hydroxyl groups is 1. The van der Waals surface area contributed by atoms with Crippen molar-refractivity contribution in [3.05, 3.63) is 17.3 Å². The first kappa shape index (κ1) is 15.5. The number of hydrogen-bond acceptors (Lipinski definition) is 5. The molecule has 0 saturated carbocycles. The summed E-state index contributed by atoms with van der Waals surface area (Å²) in [7, 11) is 1.60. The van der Waals surface area contributed by atoms with Crippen molar-refractivity contribution in [2.75, 3.05) is 31.6 Å². The molecule has 1 saturated heterocycles. The summed E-state index contributed by atoms with van der Waals surface area (Å²) in [6.45, 7) is 0.807. The summed E-state index contributed by atoms with van der Waals surface area (Å²) in [4.78, 5) is 3.56. The Kier molecular flexibility index (Phi) is 3.98. The van der Waals surface area contributed by atoms with Crippen molar-refractivity contribution in [2.24, 2.45) is 0 Å². The molecule has 5 nitrogen and oxygen atoms in total. The van der Waals surface area contributed by atoms with Gasteiger partial charge in [-0.05, 0) is 37.9 Å². The molecule has 1 aromatic heterocycles. The molecule has 1 N–H and O–H groups in total. The summed E-state index contributed by atoms with van der Waals surface area (Å²) >= 11 is 0.